The lowest BCUT2D eigenvalue weighted by molar-refractivity contribution is -0.133. The molecule has 2 heterocycles. The summed E-state index contributed by atoms with van der Waals surface area (Å²) in [7, 11) is 0. The van der Waals surface area contributed by atoms with Crippen LogP contribution in [0.4, 0.5) is 0 Å². The van der Waals surface area contributed by atoms with E-state index >= 15 is 0 Å². The van der Waals surface area contributed by atoms with Gasteiger partial charge in [-0.15, -0.1) is 11.3 Å². The molecule has 1 aromatic heterocycles. The van der Waals surface area contributed by atoms with Crippen LogP contribution in [0.15, 0.2) is 64.3 Å². The first-order chi connectivity index (χ1) is 13.0. The number of carbonyl (C=O) groups is 2. The van der Waals surface area contributed by atoms with Gasteiger partial charge in [-0.25, -0.2) is 4.79 Å². The molecule has 3 N–H and O–H groups in total. The first-order valence-electron chi connectivity index (χ1n) is 8.75. The van der Waals surface area contributed by atoms with Gasteiger partial charge in [0.15, 0.2) is 5.78 Å². The van der Waals surface area contributed by atoms with E-state index in [0.29, 0.717) is 29.7 Å². The van der Waals surface area contributed by atoms with Crippen LogP contribution in [0.25, 0.3) is 0 Å². The number of hydrogen-bond donors (Lipinski definition) is 3. The van der Waals surface area contributed by atoms with Gasteiger partial charge in [0.05, 0.1) is 5.57 Å². The van der Waals surface area contributed by atoms with Gasteiger partial charge in [-0.2, -0.15) is 0 Å². The number of carboxylic acid groups (broad SMARTS) is 1. The Morgan fingerprint density at radius 2 is 2.04 bits per heavy atom. The molecule has 5 nitrogen and oxygen atoms in total. The van der Waals surface area contributed by atoms with Gasteiger partial charge in [-0.05, 0) is 42.5 Å². The summed E-state index contributed by atoms with van der Waals surface area (Å²) >= 11 is 1.63. The third-order valence-corrected chi connectivity index (χ3v) is 6.24. The Hall–Kier alpha value is -2.86. The lowest BCUT2D eigenvalue weighted by atomic mass is 9.72. The molecule has 1 aliphatic carbocycles. The minimum atomic E-state index is -1.06. The molecular formula is C21H19NO4S. The number of ketones is 1. The number of benzene rings is 1. The highest BCUT2D eigenvalue weighted by Gasteiger charge is 2.41. The molecule has 0 amide bonds. The zero-order valence-electron chi connectivity index (χ0n) is 14.7. The van der Waals surface area contributed by atoms with Crippen LogP contribution < -0.4 is 5.32 Å². The second-order valence-corrected chi connectivity index (χ2v) is 7.91. The summed E-state index contributed by atoms with van der Waals surface area (Å²) in [6.07, 6.45) is 1.03. The molecule has 4 rings (SSSR count). The largest absolute Gasteiger partial charge is 0.508 e. The molecule has 0 bridgehead atoms. The number of rotatable bonds is 3. The molecule has 2 aromatic rings. The third-order valence-electron chi connectivity index (χ3n) is 5.21. The standard InChI is InChI=1S/C21H19NO4S/c1-11-18(21(25)26)19(12-4-2-5-14(23)8-12)20-15(22-11)9-13(10-16(20)24)17-6-3-7-27-17/h2-8,13,19,22-23H,9-10H2,1H3,(H,25,26). The molecule has 0 fully saturated rings. The van der Waals surface area contributed by atoms with E-state index in [2.05, 4.69) is 5.32 Å². The van der Waals surface area contributed by atoms with Crippen molar-refractivity contribution < 1.29 is 19.8 Å². The molecule has 0 saturated heterocycles. The van der Waals surface area contributed by atoms with E-state index < -0.39 is 11.9 Å². The molecule has 6 heteroatoms. The Balaban J connectivity index is 1.83. The molecule has 1 aliphatic heterocycles. The maximum Gasteiger partial charge on any atom is 0.334 e. The van der Waals surface area contributed by atoms with E-state index in [1.54, 1.807) is 30.4 Å². The Bertz CT molecular complexity index is 987. The number of phenolic OH excluding ortho intramolecular Hbond substituents is 1. The zero-order valence-corrected chi connectivity index (χ0v) is 15.5. The smallest absolute Gasteiger partial charge is 0.334 e. The fourth-order valence-corrected chi connectivity index (χ4v) is 4.92. The summed E-state index contributed by atoms with van der Waals surface area (Å²) < 4.78 is 0. The van der Waals surface area contributed by atoms with Crippen LogP contribution in [-0.2, 0) is 9.59 Å². The average Bonchev–Trinajstić information content (AvgIpc) is 3.14. The van der Waals surface area contributed by atoms with Crippen molar-refractivity contribution in [3.63, 3.8) is 0 Å². The number of Topliss-reactive ketones (excluding diaryl/α,β-unsaturated/α-hetero) is 1. The molecule has 138 valence electrons. The van der Waals surface area contributed by atoms with Crippen molar-refractivity contribution in [2.75, 3.05) is 0 Å². The second-order valence-electron chi connectivity index (χ2n) is 6.93. The van der Waals surface area contributed by atoms with Crippen LogP contribution in [0.2, 0.25) is 0 Å². The predicted molar refractivity (Wildman–Crippen MR) is 103 cm³/mol. The van der Waals surface area contributed by atoms with Gasteiger partial charge >= 0.3 is 5.97 Å². The molecule has 0 spiro atoms. The van der Waals surface area contributed by atoms with Crippen molar-refractivity contribution in [1.29, 1.82) is 0 Å². The molecular weight excluding hydrogens is 362 g/mol. The summed E-state index contributed by atoms with van der Waals surface area (Å²) in [5.41, 5.74) is 2.61. The number of carbonyl (C=O) groups excluding carboxylic acids is 1. The fourth-order valence-electron chi connectivity index (χ4n) is 4.08. The van der Waals surface area contributed by atoms with E-state index in [1.165, 1.54) is 12.1 Å². The first-order valence-corrected chi connectivity index (χ1v) is 9.63. The number of aliphatic carboxylic acids is 1. The minimum Gasteiger partial charge on any atom is -0.508 e. The maximum absolute atomic E-state index is 13.1. The van der Waals surface area contributed by atoms with Crippen LogP contribution in [-0.4, -0.2) is 22.0 Å². The molecule has 0 saturated carbocycles. The predicted octanol–water partition coefficient (Wildman–Crippen LogP) is 3.90. The summed E-state index contributed by atoms with van der Waals surface area (Å²) in [6, 6.07) is 10.5. The highest BCUT2D eigenvalue weighted by Crippen LogP contribution is 2.46. The lowest BCUT2D eigenvalue weighted by Gasteiger charge is -2.36. The van der Waals surface area contributed by atoms with Gasteiger partial charge in [0.1, 0.15) is 5.75 Å². The summed E-state index contributed by atoms with van der Waals surface area (Å²) in [5, 5.41) is 24.9. The van der Waals surface area contributed by atoms with Crippen LogP contribution in [0, 0.1) is 0 Å². The third kappa shape index (κ3) is 3.06. The second kappa shape index (κ2) is 6.70. The topological polar surface area (TPSA) is 86.6 Å². The molecule has 2 aliphatic rings. The Morgan fingerprint density at radius 1 is 1.22 bits per heavy atom. The van der Waals surface area contributed by atoms with Gasteiger partial charge in [-0.3, -0.25) is 4.79 Å². The van der Waals surface area contributed by atoms with E-state index in [-0.39, 0.29) is 23.0 Å². The highest BCUT2D eigenvalue weighted by molar-refractivity contribution is 7.10. The Kier molecular flexibility index (Phi) is 4.36. The van der Waals surface area contributed by atoms with Gasteiger partial charge in [0, 0.05) is 40.1 Å². The van der Waals surface area contributed by atoms with Gasteiger partial charge < -0.3 is 15.5 Å². The Labute approximate surface area is 160 Å². The number of allylic oxidation sites excluding steroid dienone is 3. The molecule has 2 unspecified atom stereocenters. The summed E-state index contributed by atoms with van der Waals surface area (Å²) in [6.45, 7) is 1.72. The minimum absolute atomic E-state index is 0.0401. The fraction of sp³-hybridized carbons (Fsp3) is 0.238. The zero-order chi connectivity index (χ0) is 19.1. The first kappa shape index (κ1) is 17.5. The lowest BCUT2D eigenvalue weighted by Crippen LogP contribution is -2.35. The van der Waals surface area contributed by atoms with Crippen molar-refractivity contribution in [2.24, 2.45) is 0 Å². The number of thiophene rings is 1. The average molecular weight is 381 g/mol. The van der Waals surface area contributed by atoms with E-state index in [1.807, 2.05) is 17.5 Å². The van der Waals surface area contributed by atoms with Gasteiger partial charge in [0.25, 0.3) is 0 Å². The number of hydrogen-bond acceptors (Lipinski definition) is 5. The number of aromatic hydroxyl groups is 1. The van der Waals surface area contributed by atoms with Gasteiger partial charge in [0.2, 0.25) is 0 Å². The van der Waals surface area contributed by atoms with E-state index in [9.17, 15) is 19.8 Å². The van der Waals surface area contributed by atoms with Crippen molar-refractivity contribution in [2.45, 2.75) is 31.6 Å². The molecule has 2 atom stereocenters. The van der Waals surface area contributed by atoms with Crippen molar-refractivity contribution in [1.82, 2.24) is 5.32 Å². The van der Waals surface area contributed by atoms with Crippen molar-refractivity contribution >= 4 is 23.1 Å². The molecule has 1 aromatic carbocycles. The quantitative estimate of drug-likeness (QED) is 0.751. The number of carboxylic acids is 1. The summed E-state index contributed by atoms with van der Waals surface area (Å²) in [4.78, 5) is 26.2. The Morgan fingerprint density at radius 3 is 2.70 bits per heavy atom. The SMILES string of the molecule is CC1=C(C(=O)O)C(c2cccc(O)c2)C2=C(CC(c3cccs3)CC2=O)N1. The van der Waals surface area contributed by atoms with Crippen LogP contribution in [0.3, 0.4) is 0 Å². The van der Waals surface area contributed by atoms with E-state index in [0.717, 1.165) is 10.6 Å². The van der Waals surface area contributed by atoms with Crippen LogP contribution >= 0.6 is 11.3 Å². The normalized spacial score (nSPS) is 22.5. The molecule has 0 radical (unpaired) electrons. The highest BCUT2D eigenvalue weighted by atomic mass is 32.1. The van der Waals surface area contributed by atoms with E-state index in [4.69, 9.17) is 0 Å². The molecule has 27 heavy (non-hydrogen) atoms. The van der Waals surface area contributed by atoms with Crippen LogP contribution in [0.1, 0.15) is 42.0 Å². The number of nitrogens with one attached hydrogen (secondary N) is 1. The summed E-state index contributed by atoms with van der Waals surface area (Å²) in [5.74, 6) is -1.62. The number of dihydropyridines is 1. The van der Waals surface area contributed by atoms with Crippen molar-refractivity contribution in [3.8, 4) is 5.75 Å². The van der Waals surface area contributed by atoms with Crippen LogP contribution in [0.5, 0.6) is 5.75 Å². The maximum atomic E-state index is 13.1. The monoisotopic (exact) mass is 381 g/mol. The number of phenols is 1. The van der Waals surface area contributed by atoms with Gasteiger partial charge in [-0.1, -0.05) is 18.2 Å². The van der Waals surface area contributed by atoms with Crippen molar-refractivity contribution in [3.05, 3.63) is 74.8 Å².